The van der Waals surface area contributed by atoms with Crippen molar-refractivity contribution >= 4 is 0 Å². The molecule has 1 N–H and O–H groups in total. The summed E-state index contributed by atoms with van der Waals surface area (Å²) in [7, 11) is 0. The van der Waals surface area contributed by atoms with Crippen LogP contribution in [0.15, 0.2) is 24.3 Å². The Balaban J connectivity index is 1.60. The molecule has 1 fully saturated rings. The molecule has 0 unspecified atom stereocenters. The zero-order valence-corrected chi connectivity index (χ0v) is 11.0. The van der Waals surface area contributed by atoms with E-state index in [1.54, 1.807) is 12.1 Å². The highest BCUT2D eigenvalue weighted by atomic mass is 19.1. The average Bonchev–Trinajstić information content (AvgIpc) is 2.33. The summed E-state index contributed by atoms with van der Waals surface area (Å²) in [5.74, 6) is 0.457. The second kappa shape index (κ2) is 6.86. The molecule has 1 aromatic rings. The monoisotopic (exact) mass is 251 g/mol. The fourth-order valence-corrected chi connectivity index (χ4v) is 2.42. The van der Waals surface area contributed by atoms with Crippen molar-refractivity contribution in [2.75, 3.05) is 19.8 Å². The first-order chi connectivity index (χ1) is 8.79. The molecule has 100 valence electrons. The molecule has 0 radical (unpaired) electrons. The van der Waals surface area contributed by atoms with Gasteiger partial charge in [0, 0.05) is 19.3 Å². The number of nitrogens with one attached hydrogen (secondary N) is 1. The van der Waals surface area contributed by atoms with Crippen LogP contribution in [-0.2, 0) is 4.74 Å². The quantitative estimate of drug-likeness (QED) is 0.752. The minimum absolute atomic E-state index is 0.149. The van der Waals surface area contributed by atoms with E-state index in [1.807, 2.05) is 19.1 Å². The van der Waals surface area contributed by atoms with E-state index >= 15 is 0 Å². The molecule has 1 aliphatic carbocycles. The van der Waals surface area contributed by atoms with Crippen LogP contribution in [0.4, 0.5) is 4.39 Å². The standard InChI is InChI=1S/C15H22FNO/c1-2-18-9-3-8-17-15-10-13(11-15)12-4-6-14(16)7-5-12/h4-7,13,15,17H,2-3,8-11H2,1H3. The molecule has 1 saturated carbocycles. The third kappa shape index (κ3) is 3.79. The molecule has 3 heteroatoms. The van der Waals surface area contributed by atoms with Gasteiger partial charge in [-0.25, -0.2) is 4.39 Å². The Hall–Kier alpha value is -0.930. The summed E-state index contributed by atoms with van der Waals surface area (Å²) in [4.78, 5) is 0. The maximum atomic E-state index is 12.8. The van der Waals surface area contributed by atoms with Crippen molar-refractivity contribution < 1.29 is 9.13 Å². The van der Waals surface area contributed by atoms with E-state index in [9.17, 15) is 4.39 Å². The number of rotatable bonds is 7. The van der Waals surface area contributed by atoms with Crippen molar-refractivity contribution in [1.82, 2.24) is 5.32 Å². The lowest BCUT2D eigenvalue weighted by Crippen LogP contribution is -2.40. The van der Waals surface area contributed by atoms with Crippen molar-refractivity contribution in [1.29, 1.82) is 0 Å². The number of halogens is 1. The fourth-order valence-electron chi connectivity index (χ4n) is 2.42. The van der Waals surface area contributed by atoms with Crippen LogP contribution in [0.25, 0.3) is 0 Å². The highest BCUT2D eigenvalue weighted by molar-refractivity contribution is 5.23. The van der Waals surface area contributed by atoms with Gasteiger partial charge in [-0.05, 0) is 56.3 Å². The van der Waals surface area contributed by atoms with E-state index in [0.29, 0.717) is 12.0 Å². The SMILES string of the molecule is CCOCCCNC1CC(c2ccc(F)cc2)C1. The van der Waals surface area contributed by atoms with Crippen molar-refractivity contribution in [3.05, 3.63) is 35.6 Å². The van der Waals surface area contributed by atoms with Crippen molar-refractivity contribution in [3.8, 4) is 0 Å². The van der Waals surface area contributed by atoms with Crippen LogP contribution in [0.5, 0.6) is 0 Å². The lowest BCUT2D eigenvalue weighted by atomic mass is 9.76. The Bertz CT molecular complexity index is 346. The van der Waals surface area contributed by atoms with E-state index < -0.39 is 0 Å². The summed E-state index contributed by atoms with van der Waals surface area (Å²) in [5, 5.41) is 3.54. The Morgan fingerprint density at radius 2 is 2.00 bits per heavy atom. The molecule has 1 aliphatic rings. The fraction of sp³-hybridized carbons (Fsp3) is 0.600. The third-order valence-electron chi connectivity index (χ3n) is 3.58. The Morgan fingerprint density at radius 1 is 1.28 bits per heavy atom. The topological polar surface area (TPSA) is 21.3 Å². The second-order valence-corrected chi connectivity index (χ2v) is 4.92. The van der Waals surface area contributed by atoms with Crippen molar-refractivity contribution in [3.63, 3.8) is 0 Å². The van der Waals surface area contributed by atoms with Gasteiger partial charge in [-0.3, -0.25) is 0 Å². The highest BCUT2D eigenvalue weighted by Gasteiger charge is 2.29. The van der Waals surface area contributed by atoms with Crippen LogP contribution in [0.2, 0.25) is 0 Å². The maximum Gasteiger partial charge on any atom is 0.123 e. The van der Waals surface area contributed by atoms with Gasteiger partial charge in [0.15, 0.2) is 0 Å². The maximum absolute atomic E-state index is 12.8. The van der Waals surface area contributed by atoms with Crippen molar-refractivity contribution in [2.24, 2.45) is 0 Å². The molecule has 0 amide bonds. The molecule has 0 heterocycles. The van der Waals surface area contributed by atoms with Gasteiger partial charge in [-0.15, -0.1) is 0 Å². The molecule has 0 saturated heterocycles. The van der Waals surface area contributed by atoms with Gasteiger partial charge >= 0.3 is 0 Å². The van der Waals surface area contributed by atoms with Crippen LogP contribution in [0.3, 0.4) is 0 Å². The Morgan fingerprint density at radius 3 is 2.67 bits per heavy atom. The lowest BCUT2D eigenvalue weighted by Gasteiger charge is -2.36. The number of hydrogen-bond acceptors (Lipinski definition) is 2. The summed E-state index contributed by atoms with van der Waals surface area (Å²) in [6.07, 6.45) is 3.41. The molecule has 0 aliphatic heterocycles. The largest absolute Gasteiger partial charge is 0.382 e. The van der Waals surface area contributed by atoms with Gasteiger partial charge in [0.05, 0.1) is 0 Å². The van der Waals surface area contributed by atoms with Crippen LogP contribution >= 0.6 is 0 Å². The summed E-state index contributed by atoms with van der Waals surface area (Å²) >= 11 is 0. The number of benzene rings is 1. The summed E-state index contributed by atoms with van der Waals surface area (Å²) in [5.41, 5.74) is 1.27. The second-order valence-electron chi connectivity index (χ2n) is 4.92. The Kier molecular flexibility index (Phi) is 5.14. The summed E-state index contributed by atoms with van der Waals surface area (Å²) in [6.45, 7) is 4.70. The predicted octanol–water partition coefficient (Wildman–Crippen LogP) is 3.09. The van der Waals surface area contributed by atoms with E-state index in [-0.39, 0.29) is 5.82 Å². The first-order valence-corrected chi connectivity index (χ1v) is 6.86. The number of hydrogen-bond donors (Lipinski definition) is 1. The van der Waals surface area contributed by atoms with Gasteiger partial charge in [0.25, 0.3) is 0 Å². The zero-order valence-electron chi connectivity index (χ0n) is 11.0. The molecular weight excluding hydrogens is 229 g/mol. The molecule has 2 nitrogen and oxygen atoms in total. The lowest BCUT2D eigenvalue weighted by molar-refractivity contribution is 0.142. The van der Waals surface area contributed by atoms with Gasteiger partial charge in [0.1, 0.15) is 5.82 Å². The molecular formula is C15H22FNO. The predicted molar refractivity (Wildman–Crippen MR) is 71.3 cm³/mol. The smallest absolute Gasteiger partial charge is 0.123 e. The zero-order chi connectivity index (χ0) is 12.8. The minimum atomic E-state index is -0.149. The molecule has 0 bridgehead atoms. The molecule has 1 aromatic carbocycles. The average molecular weight is 251 g/mol. The first-order valence-electron chi connectivity index (χ1n) is 6.86. The molecule has 0 aromatic heterocycles. The number of ether oxygens (including phenoxy) is 1. The van der Waals surface area contributed by atoms with Gasteiger partial charge in [-0.1, -0.05) is 12.1 Å². The molecule has 2 rings (SSSR count). The van der Waals surface area contributed by atoms with Crippen LogP contribution in [0.1, 0.15) is 37.7 Å². The van der Waals surface area contributed by atoms with Gasteiger partial charge < -0.3 is 10.1 Å². The first kappa shape index (κ1) is 13.5. The van der Waals surface area contributed by atoms with E-state index in [1.165, 1.54) is 18.4 Å². The van der Waals surface area contributed by atoms with E-state index in [4.69, 9.17) is 4.74 Å². The third-order valence-corrected chi connectivity index (χ3v) is 3.58. The highest BCUT2D eigenvalue weighted by Crippen LogP contribution is 2.36. The minimum Gasteiger partial charge on any atom is -0.382 e. The Labute approximate surface area is 109 Å². The summed E-state index contributed by atoms with van der Waals surface area (Å²) < 4.78 is 18.1. The summed E-state index contributed by atoms with van der Waals surface area (Å²) in [6, 6.07) is 7.55. The van der Waals surface area contributed by atoms with E-state index in [2.05, 4.69) is 5.32 Å². The van der Waals surface area contributed by atoms with Crippen LogP contribution < -0.4 is 5.32 Å². The van der Waals surface area contributed by atoms with Crippen molar-refractivity contribution in [2.45, 2.75) is 38.1 Å². The molecule has 0 atom stereocenters. The van der Waals surface area contributed by atoms with Gasteiger partial charge in [-0.2, -0.15) is 0 Å². The van der Waals surface area contributed by atoms with Gasteiger partial charge in [0.2, 0.25) is 0 Å². The van der Waals surface area contributed by atoms with E-state index in [0.717, 1.165) is 26.2 Å². The molecule has 18 heavy (non-hydrogen) atoms. The normalized spacial score (nSPS) is 22.8. The molecule has 0 spiro atoms. The van der Waals surface area contributed by atoms with Crippen LogP contribution in [0, 0.1) is 5.82 Å². The van der Waals surface area contributed by atoms with Crippen LogP contribution in [-0.4, -0.2) is 25.8 Å².